The molecule has 0 heterocycles. The van der Waals surface area contributed by atoms with Crippen LogP contribution < -0.4 is 14.8 Å². The van der Waals surface area contributed by atoms with E-state index in [1.165, 1.54) is 19.2 Å². The highest BCUT2D eigenvalue weighted by atomic mass is 79.9. The van der Waals surface area contributed by atoms with Gasteiger partial charge < -0.3 is 10.1 Å². The summed E-state index contributed by atoms with van der Waals surface area (Å²) in [4.78, 5) is 12.0. The molecule has 24 heavy (non-hydrogen) atoms. The highest BCUT2D eigenvalue weighted by Crippen LogP contribution is 2.17. The van der Waals surface area contributed by atoms with Gasteiger partial charge in [0.25, 0.3) is 0 Å². The highest BCUT2D eigenvalue weighted by molar-refractivity contribution is 9.10. The molecule has 2 aromatic carbocycles. The number of methoxy groups -OCH3 is 1. The average Bonchev–Trinajstić information content (AvgIpc) is 2.55. The fourth-order valence-electron chi connectivity index (χ4n) is 1.92. The summed E-state index contributed by atoms with van der Waals surface area (Å²) in [6, 6.07) is 13.2. The lowest BCUT2D eigenvalue weighted by atomic mass is 10.3. The Labute approximate surface area is 149 Å². The van der Waals surface area contributed by atoms with E-state index in [-0.39, 0.29) is 23.8 Å². The minimum Gasteiger partial charge on any atom is -0.497 e. The molecule has 0 aliphatic rings. The fraction of sp³-hybridized carbons (Fsp3) is 0.188. The first-order valence-corrected chi connectivity index (χ1v) is 9.37. The molecule has 0 atom stereocenters. The van der Waals surface area contributed by atoms with Crippen LogP contribution in [0.1, 0.15) is 6.42 Å². The van der Waals surface area contributed by atoms with Crippen LogP contribution in [0.2, 0.25) is 0 Å². The number of anilines is 1. The van der Waals surface area contributed by atoms with Crippen molar-refractivity contribution in [2.24, 2.45) is 0 Å². The molecule has 1 amide bonds. The lowest BCUT2D eigenvalue weighted by Gasteiger charge is -2.08. The van der Waals surface area contributed by atoms with Crippen LogP contribution >= 0.6 is 15.9 Å². The first kappa shape index (κ1) is 18.4. The minimum absolute atomic E-state index is 0.00813. The predicted octanol–water partition coefficient (Wildman–Crippen LogP) is 2.76. The molecule has 0 aliphatic heterocycles. The van der Waals surface area contributed by atoms with Crippen molar-refractivity contribution in [1.82, 2.24) is 4.72 Å². The van der Waals surface area contributed by atoms with Crippen LogP contribution in [0.3, 0.4) is 0 Å². The number of sulfonamides is 1. The van der Waals surface area contributed by atoms with Gasteiger partial charge >= 0.3 is 0 Å². The Morgan fingerprint density at radius 1 is 1.17 bits per heavy atom. The third-order valence-electron chi connectivity index (χ3n) is 3.12. The normalized spacial score (nSPS) is 11.1. The van der Waals surface area contributed by atoms with Crippen LogP contribution in [0.25, 0.3) is 0 Å². The van der Waals surface area contributed by atoms with Crippen molar-refractivity contribution >= 4 is 37.5 Å². The summed E-state index contributed by atoms with van der Waals surface area (Å²) < 4.78 is 32.5. The molecule has 0 saturated carbocycles. The maximum absolute atomic E-state index is 12.1. The Bertz CT molecular complexity index is 807. The fourth-order valence-corrected chi connectivity index (χ4v) is 3.22. The van der Waals surface area contributed by atoms with Gasteiger partial charge in [-0.15, -0.1) is 0 Å². The van der Waals surface area contributed by atoms with Crippen LogP contribution in [-0.4, -0.2) is 28.0 Å². The first-order chi connectivity index (χ1) is 11.4. The van der Waals surface area contributed by atoms with E-state index in [2.05, 4.69) is 26.0 Å². The molecule has 6 nitrogen and oxygen atoms in total. The molecule has 0 aliphatic carbocycles. The van der Waals surface area contributed by atoms with Gasteiger partial charge in [-0.2, -0.15) is 0 Å². The second kappa shape index (κ2) is 8.27. The molecule has 0 fully saturated rings. The van der Waals surface area contributed by atoms with Gasteiger partial charge in [-0.05, 0) is 36.4 Å². The highest BCUT2D eigenvalue weighted by Gasteiger charge is 2.14. The number of carbonyl (C=O) groups is 1. The van der Waals surface area contributed by atoms with Crippen LogP contribution in [0, 0.1) is 0 Å². The number of hydrogen-bond acceptors (Lipinski definition) is 4. The molecule has 0 unspecified atom stereocenters. The van der Waals surface area contributed by atoms with Gasteiger partial charge in [0, 0.05) is 29.2 Å². The van der Waals surface area contributed by atoms with Crippen molar-refractivity contribution in [3.05, 3.63) is 53.0 Å². The van der Waals surface area contributed by atoms with E-state index in [0.29, 0.717) is 11.4 Å². The third kappa shape index (κ3) is 5.33. The average molecular weight is 413 g/mol. The summed E-state index contributed by atoms with van der Waals surface area (Å²) in [6.07, 6.45) is 0.0208. The zero-order valence-electron chi connectivity index (χ0n) is 13.0. The van der Waals surface area contributed by atoms with E-state index in [9.17, 15) is 13.2 Å². The standard InChI is InChI=1S/C16H17BrN2O4S/c1-23-14-4-2-3-13(11-14)19-16(20)9-10-18-24(21,22)15-7-5-12(17)6-8-15/h2-8,11,18H,9-10H2,1H3,(H,19,20). The molecular weight excluding hydrogens is 396 g/mol. The van der Waals surface area contributed by atoms with Gasteiger partial charge in [0.1, 0.15) is 5.75 Å². The predicted molar refractivity (Wildman–Crippen MR) is 95.6 cm³/mol. The molecule has 128 valence electrons. The largest absolute Gasteiger partial charge is 0.497 e. The quantitative estimate of drug-likeness (QED) is 0.731. The number of amides is 1. The third-order valence-corrected chi connectivity index (χ3v) is 5.13. The second-order valence-electron chi connectivity index (χ2n) is 4.88. The van der Waals surface area contributed by atoms with E-state index in [1.54, 1.807) is 36.4 Å². The van der Waals surface area contributed by atoms with Crippen molar-refractivity contribution in [1.29, 1.82) is 0 Å². The maximum atomic E-state index is 12.1. The summed E-state index contributed by atoms with van der Waals surface area (Å²) in [5, 5.41) is 2.69. The number of rotatable bonds is 7. The number of carbonyl (C=O) groups excluding carboxylic acids is 1. The monoisotopic (exact) mass is 412 g/mol. The van der Waals surface area contributed by atoms with E-state index < -0.39 is 10.0 Å². The van der Waals surface area contributed by atoms with Crippen LogP contribution in [0.15, 0.2) is 57.9 Å². The van der Waals surface area contributed by atoms with Crippen molar-refractivity contribution < 1.29 is 17.9 Å². The van der Waals surface area contributed by atoms with E-state index in [4.69, 9.17) is 4.74 Å². The molecule has 0 bridgehead atoms. The lowest BCUT2D eigenvalue weighted by molar-refractivity contribution is -0.116. The van der Waals surface area contributed by atoms with E-state index >= 15 is 0 Å². The zero-order valence-corrected chi connectivity index (χ0v) is 15.4. The Hall–Kier alpha value is -1.90. The maximum Gasteiger partial charge on any atom is 0.240 e. The number of ether oxygens (including phenoxy) is 1. The Balaban J connectivity index is 1.86. The number of halogens is 1. The van der Waals surface area contributed by atoms with E-state index in [1.807, 2.05) is 0 Å². The van der Waals surface area contributed by atoms with Gasteiger partial charge in [-0.1, -0.05) is 22.0 Å². The van der Waals surface area contributed by atoms with Gasteiger partial charge in [-0.25, -0.2) is 13.1 Å². The molecule has 0 spiro atoms. The summed E-state index contributed by atoms with van der Waals surface area (Å²) in [5.41, 5.74) is 0.593. The molecule has 2 N–H and O–H groups in total. The molecular formula is C16H17BrN2O4S. The molecule has 8 heteroatoms. The molecule has 2 aromatic rings. The Morgan fingerprint density at radius 2 is 1.88 bits per heavy atom. The first-order valence-electron chi connectivity index (χ1n) is 7.10. The van der Waals surface area contributed by atoms with Crippen molar-refractivity contribution in [2.45, 2.75) is 11.3 Å². The van der Waals surface area contributed by atoms with Crippen molar-refractivity contribution in [3.8, 4) is 5.75 Å². The Morgan fingerprint density at radius 3 is 2.54 bits per heavy atom. The van der Waals surface area contributed by atoms with Crippen LogP contribution in [0.5, 0.6) is 5.75 Å². The van der Waals surface area contributed by atoms with Gasteiger partial charge in [0.15, 0.2) is 0 Å². The van der Waals surface area contributed by atoms with Crippen LogP contribution in [-0.2, 0) is 14.8 Å². The zero-order chi connectivity index (χ0) is 17.6. The van der Waals surface area contributed by atoms with Gasteiger partial charge in [0.05, 0.1) is 12.0 Å². The topological polar surface area (TPSA) is 84.5 Å². The summed E-state index contributed by atoms with van der Waals surface area (Å²) in [7, 11) is -2.09. The number of nitrogens with one attached hydrogen (secondary N) is 2. The smallest absolute Gasteiger partial charge is 0.240 e. The minimum atomic E-state index is -3.63. The van der Waals surface area contributed by atoms with Gasteiger partial charge in [0.2, 0.25) is 15.9 Å². The van der Waals surface area contributed by atoms with Gasteiger partial charge in [-0.3, -0.25) is 4.79 Å². The van der Waals surface area contributed by atoms with Crippen molar-refractivity contribution in [2.75, 3.05) is 19.0 Å². The number of benzene rings is 2. The Kier molecular flexibility index (Phi) is 6.36. The SMILES string of the molecule is COc1cccc(NC(=O)CCNS(=O)(=O)c2ccc(Br)cc2)c1. The summed E-state index contributed by atoms with van der Waals surface area (Å²) in [5.74, 6) is 0.338. The van der Waals surface area contributed by atoms with Crippen molar-refractivity contribution in [3.63, 3.8) is 0 Å². The molecule has 2 rings (SSSR count). The summed E-state index contributed by atoms with van der Waals surface area (Å²) >= 11 is 3.25. The molecule has 0 radical (unpaired) electrons. The lowest BCUT2D eigenvalue weighted by Crippen LogP contribution is -2.27. The molecule has 0 aromatic heterocycles. The summed E-state index contributed by atoms with van der Waals surface area (Å²) in [6.45, 7) is 0.00813. The molecule has 0 saturated heterocycles. The van der Waals surface area contributed by atoms with Crippen LogP contribution in [0.4, 0.5) is 5.69 Å². The second-order valence-corrected chi connectivity index (χ2v) is 7.56. The van der Waals surface area contributed by atoms with E-state index in [0.717, 1.165) is 4.47 Å². The number of hydrogen-bond donors (Lipinski definition) is 2.